The van der Waals surface area contributed by atoms with Gasteiger partial charge in [0.15, 0.2) is 5.78 Å². The van der Waals surface area contributed by atoms with E-state index in [0.29, 0.717) is 5.78 Å². The number of carbonyl (C=O) groups is 1. The smallest absolute Gasteiger partial charge is 0.182 e. The Labute approximate surface area is 127 Å². The molecule has 0 unspecified atom stereocenters. The Morgan fingerprint density at radius 3 is 2.29 bits per heavy atom. The third kappa shape index (κ3) is 2.69. The zero-order valence-electron chi connectivity index (χ0n) is 13.0. The second-order valence-corrected chi connectivity index (χ2v) is 5.92. The van der Waals surface area contributed by atoms with Gasteiger partial charge in [0, 0.05) is 37.8 Å². The lowest BCUT2D eigenvalue weighted by Crippen LogP contribution is -2.45. The summed E-state index contributed by atoms with van der Waals surface area (Å²) in [6.07, 6.45) is 4.15. The van der Waals surface area contributed by atoms with Crippen LogP contribution in [0.1, 0.15) is 32.3 Å². The molecule has 3 aliphatic heterocycles. The van der Waals surface area contributed by atoms with Crippen LogP contribution in [0.4, 0.5) is 5.69 Å². The zero-order chi connectivity index (χ0) is 14.8. The lowest BCUT2D eigenvalue weighted by atomic mass is 9.84. The minimum atomic E-state index is 0.274. The lowest BCUT2D eigenvalue weighted by Gasteiger charge is -2.41. The number of nitrogens with zero attached hydrogens (tertiary/aromatic N) is 2. The van der Waals surface area contributed by atoms with E-state index in [9.17, 15) is 4.79 Å². The number of benzene rings is 1. The van der Waals surface area contributed by atoms with Crippen LogP contribution >= 0.6 is 0 Å². The van der Waals surface area contributed by atoms with Gasteiger partial charge < -0.3 is 9.80 Å². The van der Waals surface area contributed by atoms with Gasteiger partial charge in [-0.1, -0.05) is 12.1 Å². The number of carbonyl (C=O) groups excluding carboxylic acids is 1. The van der Waals surface area contributed by atoms with Crippen LogP contribution in [0.3, 0.4) is 0 Å². The molecular formula is C18H24N2O. The van der Waals surface area contributed by atoms with Crippen molar-refractivity contribution in [1.29, 1.82) is 0 Å². The van der Waals surface area contributed by atoms with E-state index in [1.807, 2.05) is 0 Å². The van der Waals surface area contributed by atoms with E-state index in [2.05, 4.69) is 54.0 Å². The Hall–Kier alpha value is -1.77. The molecule has 3 heterocycles. The topological polar surface area (TPSA) is 23.6 Å². The van der Waals surface area contributed by atoms with Crippen molar-refractivity contribution < 1.29 is 4.79 Å². The molecule has 3 saturated heterocycles. The van der Waals surface area contributed by atoms with Crippen LogP contribution in [0.5, 0.6) is 0 Å². The van der Waals surface area contributed by atoms with E-state index >= 15 is 0 Å². The third-order valence-electron chi connectivity index (χ3n) is 4.78. The third-order valence-corrected chi connectivity index (χ3v) is 4.78. The molecule has 0 atom stereocenters. The fourth-order valence-corrected chi connectivity index (χ4v) is 3.44. The van der Waals surface area contributed by atoms with Crippen LogP contribution in [0, 0.1) is 5.92 Å². The summed E-state index contributed by atoms with van der Waals surface area (Å²) in [4.78, 5) is 16.9. The van der Waals surface area contributed by atoms with Gasteiger partial charge in [-0.25, -0.2) is 0 Å². The SMILES string of the molecule is CCN(CC)c1ccc(/C=C2/C(=O)C3CCN2CC3)cc1. The average Bonchev–Trinajstić information content (AvgIpc) is 2.54. The maximum Gasteiger partial charge on any atom is 0.182 e. The molecule has 0 amide bonds. The zero-order valence-corrected chi connectivity index (χ0v) is 13.0. The molecule has 2 bridgehead atoms. The van der Waals surface area contributed by atoms with E-state index in [0.717, 1.165) is 50.3 Å². The van der Waals surface area contributed by atoms with Crippen molar-refractivity contribution >= 4 is 17.5 Å². The van der Waals surface area contributed by atoms with Crippen molar-refractivity contribution in [3.8, 4) is 0 Å². The number of piperidine rings is 3. The predicted octanol–water partition coefficient (Wildman–Crippen LogP) is 3.17. The molecule has 0 N–H and O–H groups in total. The van der Waals surface area contributed by atoms with Crippen LogP contribution in [0.15, 0.2) is 30.0 Å². The molecule has 0 radical (unpaired) electrons. The summed E-state index contributed by atoms with van der Waals surface area (Å²) < 4.78 is 0. The summed E-state index contributed by atoms with van der Waals surface area (Å²) in [5.41, 5.74) is 3.30. The summed E-state index contributed by atoms with van der Waals surface area (Å²) >= 11 is 0. The summed E-state index contributed by atoms with van der Waals surface area (Å²) in [5, 5.41) is 0. The highest BCUT2D eigenvalue weighted by molar-refractivity contribution is 6.01. The highest BCUT2D eigenvalue weighted by Gasteiger charge is 2.36. The van der Waals surface area contributed by atoms with Crippen LogP contribution in [0.2, 0.25) is 0 Å². The van der Waals surface area contributed by atoms with Gasteiger partial charge >= 0.3 is 0 Å². The Bertz CT molecular complexity index is 535. The first kappa shape index (κ1) is 14.2. The molecule has 1 aromatic carbocycles. The van der Waals surface area contributed by atoms with Gasteiger partial charge in [0.1, 0.15) is 0 Å². The van der Waals surface area contributed by atoms with E-state index in [4.69, 9.17) is 0 Å². The molecule has 0 aromatic heterocycles. The minimum Gasteiger partial charge on any atom is -0.372 e. The number of rotatable bonds is 4. The molecule has 1 aromatic rings. The quantitative estimate of drug-likeness (QED) is 0.793. The van der Waals surface area contributed by atoms with E-state index < -0.39 is 0 Å². The first-order valence-corrected chi connectivity index (χ1v) is 8.08. The fourth-order valence-electron chi connectivity index (χ4n) is 3.44. The average molecular weight is 284 g/mol. The van der Waals surface area contributed by atoms with Crippen LogP contribution in [-0.2, 0) is 4.79 Å². The second kappa shape index (κ2) is 5.92. The van der Waals surface area contributed by atoms with Crippen LogP contribution in [0.25, 0.3) is 6.08 Å². The lowest BCUT2D eigenvalue weighted by molar-refractivity contribution is -0.125. The Morgan fingerprint density at radius 1 is 1.14 bits per heavy atom. The van der Waals surface area contributed by atoms with Crippen LogP contribution < -0.4 is 4.90 Å². The summed E-state index contributed by atoms with van der Waals surface area (Å²) in [6.45, 7) is 8.46. The molecule has 4 rings (SSSR count). The molecule has 3 heteroatoms. The Balaban J connectivity index is 1.81. The monoisotopic (exact) mass is 284 g/mol. The number of allylic oxidation sites excluding steroid dienone is 1. The largest absolute Gasteiger partial charge is 0.372 e. The van der Waals surface area contributed by atoms with Crippen molar-refractivity contribution in [3.63, 3.8) is 0 Å². The molecule has 3 aliphatic rings. The van der Waals surface area contributed by atoms with Gasteiger partial charge in [0.05, 0.1) is 5.70 Å². The molecule has 3 nitrogen and oxygen atoms in total. The van der Waals surface area contributed by atoms with Gasteiger partial charge in [-0.2, -0.15) is 0 Å². The number of Topliss-reactive ketones (excluding diaryl/α,β-unsaturated/α-hetero) is 1. The fraction of sp³-hybridized carbons (Fsp3) is 0.500. The summed E-state index contributed by atoms with van der Waals surface area (Å²) in [5.74, 6) is 0.622. The van der Waals surface area contributed by atoms with Crippen molar-refractivity contribution in [2.75, 3.05) is 31.1 Å². The number of anilines is 1. The predicted molar refractivity (Wildman–Crippen MR) is 87.3 cm³/mol. The normalized spacial score (nSPS) is 20.4. The minimum absolute atomic E-state index is 0.274. The molecule has 3 fully saturated rings. The number of hydrogen-bond acceptors (Lipinski definition) is 3. The molecule has 0 aliphatic carbocycles. The Kier molecular flexibility index (Phi) is 4.00. The van der Waals surface area contributed by atoms with Gasteiger partial charge in [0.25, 0.3) is 0 Å². The van der Waals surface area contributed by atoms with Crippen LogP contribution in [-0.4, -0.2) is 36.9 Å². The highest BCUT2D eigenvalue weighted by atomic mass is 16.1. The first-order valence-electron chi connectivity index (χ1n) is 8.08. The molecule has 21 heavy (non-hydrogen) atoms. The molecular weight excluding hydrogens is 260 g/mol. The molecule has 0 saturated carbocycles. The summed E-state index contributed by atoms with van der Waals surface area (Å²) in [6, 6.07) is 8.55. The number of fused-ring (bicyclic) bond motifs is 3. The van der Waals surface area contributed by atoms with Gasteiger partial charge in [-0.3, -0.25) is 4.79 Å². The molecule has 0 spiro atoms. The van der Waals surface area contributed by atoms with Crippen molar-refractivity contribution in [2.45, 2.75) is 26.7 Å². The first-order chi connectivity index (χ1) is 10.2. The van der Waals surface area contributed by atoms with Crippen molar-refractivity contribution in [1.82, 2.24) is 4.90 Å². The van der Waals surface area contributed by atoms with Gasteiger partial charge in [-0.05, 0) is 50.5 Å². The number of ketones is 1. The van der Waals surface area contributed by atoms with E-state index in [1.165, 1.54) is 5.69 Å². The van der Waals surface area contributed by atoms with Gasteiger partial charge in [-0.15, -0.1) is 0 Å². The van der Waals surface area contributed by atoms with Crippen molar-refractivity contribution in [2.24, 2.45) is 5.92 Å². The summed E-state index contributed by atoms with van der Waals surface area (Å²) in [7, 11) is 0. The number of hydrogen-bond donors (Lipinski definition) is 0. The van der Waals surface area contributed by atoms with E-state index in [-0.39, 0.29) is 5.92 Å². The maximum atomic E-state index is 12.3. The van der Waals surface area contributed by atoms with Gasteiger partial charge in [0.2, 0.25) is 0 Å². The molecule has 112 valence electrons. The Morgan fingerprint density at radius 2 is 1.76 bits per heavy atom. The highest BCUT2D eigenvalue weighted by Crippen LogP contribution is 2.32. The maximum absolute atomic E-state index is 12.3. The van der Waals surface area contributed by atoms with E-state index in [1.54, 1.807) is 0 Å². The second-order valence-electron chi connectivity index (χ2n) is 5.92. The van der Waals surface area contributed by atoms with Crippen molar-refractivity contribution in [3.05, 3.63) is 35.5 Å². The standard InChI is InChI=1S/C18H24N2O/c1-3-19(4-2)16-7-5-14(6-8-16)13-17-18(21)15-9-11-20(17)12-10-15/h5-8,13,15H,3-4,9-12H2,1-2H3/b17-13-.